The molecule has 4 nitrogen and oxygen atoms in total. The Hall–Kier alpha value is -0.700. The molecule has 0 aliphatic rings. The first kappa shape index (κ1) is 15.7. The van der Waals surface area contributed by atoms with Crippen LogP contribution in [-0.2, 0) is 6.42 Å². The Morgan fingerprint density at radius 3 is 2.75 bits per heavy atom. The Labute approximate surface area is 138 Å². The zero-order valence-electron chi connectivity index (χ0n) is 10.7. The summed E-state index contributed by atoms with van der Waals surface area (Å²) in [4.78, 5) is 13.9. The first-order valence-corrected chi connectivity index (χ1v) is 9.42. The molecule has 0 fully saturated rings. The maximum Gasteiger partial charge on any atom is 0.261 e. The molecule has 8 heteroatoms. The molecule has 0 spiro atoms. The van der Waals surface area contributed by atoms with Crippen LogP contribution in [0.3, 0.4) is 0 Å². The van der Waals surface area contributed by atoms with E-state index in [-0.39, 0.29) is 0 Å². The van der Waals surface area contributed by atoms with Gasteiger partial charge in [-0.3, -0.25) is 4.79 Å². The highest BCUT2D eigenvalue weighted by Crippen LogP contribution is 2.41. The van der Waals surface area contributed by atoms with Gasteiger partial charge in [-0.25, -0.2) is 0 Å². The lowest BCUT2D eigenvalue weighted by Gasteiger charge is -2.05. The number of halogens is 1. The third-order valence-corrected chi connectivity index (χ3v) is 6.44. The van der Waals surface area contributed by atoms with E-state index in [9.17, 15) is 4.79 Å². The molecule has 2 rings (SSSR count). The summed E-state index contributed by atoms with van der Waals surface area (Å²) in [5.74, 6) is -0.474. The van der Waals surface area contributed by atoms with E-state index >= 15 is 0 Å². The molecule has 20 heavy (non-hydrogen) atoms. The molecule has 0 unspecified atom stereocenters. The van der Waals surface area contributed by atoms with Gasteiger partial charge in [0.2, 0.25) is 0 Å². The number of anilines is 2. The van der Waals surface area contributed by atoms with Gasteiger partial charge in [0.1, 0.15) is 9.88 Å². The number of amides is 1. The minimum atomic E-state index is -0.474. The van der Waals surface area contributed by atoms with Crippen molar-refractivity contribution >= 4 is 67.0 Å². The van der Waals surface area contributed by atoms with Crippen molar-refractivity contribution < 1.29 is 4.79 Å². The number of carbonyl (C=O) groups excluding carboxylic acids is 1. The van der Waals surface area contributed by atoms with Gasteiger partial charge in [-0.2, -0.15) is 0 Å². The third-order valence-electron chi connectivity index (χ3n) is 2.61. The lowest BCUT2D eigenvalue weighted by atomic mass is 10.3. The molecule has 0 saturated carbocycles. The Morgan fingerprint density at radius 2 is 2.20 bits per heavy atom. The van der Waals surface area contributed by atoms with Crippen LogP contribution in [0.25, 0.3) is 0 Å². The molecule has 0 saturated heterocycles. The second-order valence-electron chi connectivity index (χ2n) is 3.95. The Kier molecular flexibility index (Phi) is 5.36. The van der Waals surface area contributed by atoms with Gasteiger partial charge >= 0.3 is 0 Å². The van der Waals surface area contributed by atoms with E-state index in [2.05, 4.69) is 27.3 Å². The second-order valence-corrected chi connectivity index (χ2v) is 8.34. The molecule has 0 aliphatic carbocycles. The molecule has 0 atom stereocenters. The van der Waals surface area contributed by atoms with Crippen LogP contribution in [0.2, 0.25) is 0 Å². The highest BCUT2D eigenvalue weighted by Gasteiger charge is 2.18. The summed E-state index contributed by atoms with van der Waals surface area (Å²) < 4.78 is 1.13. The summed E-state index contributed by atoms with van der Waals surface area (Å²) in [7, 11) is 0. The zero-order valence-corrected chi connectivity index (χ0v) is 14.8. The molecule has 1 amide bonds. The Morgan fingerprint density at radius 1 is 1.45 bits per heavy atom. The van der Waals surface area contributed by atoms with E-state index in [1.165, 1.54) is 28.0 Å². The number of carbonyl (C=O) groups is 1. The van der Waals surface area contributed by atoms with Crippen molar-refractivity contribution in [2.45, 2.75) is 11.3 Å². The fraction of sp³-hybridized carbons (Fsp3) is 0.250. The van der Waals surface area contributed by atoms with Crippen LogP contribution in [0, 0.1) is 0 Å². The molecule has 0 bridgehead atoms. The van der Waals surface area contributed by atoms with Gasteiger partial charge in [-0.05, 0) is 40.7 Å². The van der Waals surface area contributed by atoms with Gasteiger partial charge in [-0.1, -0.05) is 0 Å². The topological polar surface area (TPSA) is 81.1 Å². The monoisotopic (exact) mass is 391 g/mol. The Bertz CT molecular complexity index is 623. The summed E-state index contributed by atoms with van der Waals surface area (Å²) in [6.45, 7) is 0.790. The molecule has 2 aromatic heterocycles. The van der Waals surface area contributed by atoms with Gasteiger partial charge in [-0.15, -0.1) is 34.4 Å². The number of rotatable bonds is 6. The lowest BCUT2D eigenvalue weighted by molar-refractivity contribution is 0.100. The van der Waals surface area contributed by atoms with Crippen molar-refractivity contribution in [3.63, 3.8) is 0 Å². The first-order chi connectivity index (χ1) is 9.52. The summed E-state index contributed by atoms with van der Waals surface area (Å²) >= 11 is 8.01. The minimum absolute atomic E-state index is 0.427. The van der Waals surface area contributed by atoms with E-state index in [4.69, 9.17) is 11.5 Å². The second kappa shape index (κ2) is 6.84. The van der Waals surface area contributed by atoms with E-state index in [1.54, 1.807) is 11.3 Å². The number of nitrogen functional groups attached to an aromatic ring is 1. The fourth-order valence-corrected chi connectivity index (χ4v) is 5.11. The predicted molar refractivity (Wildman–Crippen MR) is 93.2 cm³/mol. The van der Waals surface area contributed by atoms with Crippen molar-refractivity contribution in [1.82, 2.24) is 0 Å². The van der Waals surface area contributed by atoms with E-state index in [0.29, 0.717) is 10.6 Å². The highest BCUT2D eigenvalue weighted by molar-refractivity contribution is 9.11. The van der Waals surface area contributed by atoms with Crippen LogP contribution < -0.4 is 16.8 Å². The van der Waals surface area contributed by atoms with Crippen molar-refractivity contribution in [3.8, 4) is 0 Å². The van der Waals surface area contributed by atoms with Crippen LogP contribution >= 0.6 is 50.4 Å². The van der Waals surface area contributed by atoms with Crippen LogP contribution in [0.4, 0.5) is 10.7 Å². The molecule has 2 aromatic rings. The van der Waals surface area contributed by atoms with Crippen molar-refractivity contribution in [2.75, 3.05) is 23.9 Å². The van der Waals surface area contributed by atoms with Gasteiger partial charge < -0.3 is 16.8 Å². The quantitative estimate of drug-likeness (QED) is 0.656. The van der Waals surface area contributed by atoms with Crippen molar-refractivity contribution in [1.29, 1.82) is 0 Å². The number of hydrogen-bond acceptors (Lipinski definition) is 6. The molecular formula is C12H14BrN3OS3. The number of nitrogens with two attached hydrogens (primary N) is 2. The highest BCUT2D eigenvalue weighted by atomic mass is 79.9. The molecule has 108 valence electrons. The molecule has 0 radical (unpaired) electrons. The predicted octanol–water partition coefficient (Wildman–Crippen LogP) is 3.63. The number of hydrogen-bond donors (Lipinski definition) is 3. The van der Waals surface area contributed by atoms with E-state index in [0.717, 1.165) is 26.6 Å². The molecule has 5 N–H and O–H groups in total. The van der Waals surface area contributed by atoms with Crippen LogP contribution in [0.15, 0.2) is 20.8 Å². The van der Waals surface area contributed by atoms with Crippen molar-refractivity contribution in [2.24, 2.45) is 5.73 Å². The number of thioether (sulfide) groups is 1. The van der Waals surface area contributed by atoms with Gasteiger partial charge in [0.25, 0.3) is 5.91 Å². The van der Waals surface area contributed by atoms with Gasteiger partial charge in [0.15, 0.2) is 0 Å². The smallest absolute Gasteiger partial charge is 0.261 e. The van der Waals surface area contributed by atoms with Gasteiger partial charge in [0.05, 0.1) is 14.4 Å². The van der Waals surface area contributed by atoms with Crippen LogP contribution in [0.5, 0.6) is 0 Å². The zero-order chi connectivity index (χ0) is 14.7. The summed E-state index contributed by atoms with van der Waals surface area (Å²) in [5, 5.41) is 4.26. The molecule has 0 aromatic carbocycles. The van der Waals surface area contributed by atoms with Crippen molar-refractivity contribution in [3.05, 3.63) is 25.7 Å². The summed E-state index contributed by atoms with van der Waals surface area (Å²) in [6.07, 6.45) is 2.86. The maximum absolute atomic E-state index is 11.3. The van der Waals surface area contributed by atoms with Gasteiger partial charge in [0, 0.05) is 11.4 Å². The summed E-state index contributed by atoms with van der Waals surface area (Å²) in [6, 6.07) is 4.14. The molecule has 2 heterocycles. The van der Waals surface area contributed by atoms with Crippen LogP contribution in [-0.4, -0.2) is 18.7 Å². The number of primary amides is 1. The van der Waals surface area contributed by atoms with Crippen LogP contribution in [0.1, 0.15) is 14.5 Å². The fourth-order valence-electron chi connectivity index (χ4n) is 1.72. The number of nitrogens with one attached hydrogen (secondary N) is 1. The minimum Gasteiger partial charge on any atom is -0.396 e. The summed E-state index contributed by atoms with van der Waals surface area (Å²) in [5.41, 5.74) is 11.8. The average molecular weight is 392 g/mol. The number of thiophene rings is 2. The van der Waals surface area contributed by atoms with E-state index in [1.807, 2.05) is 12.3 Å². The Balaban J connectivity index is 2.05. The standard InChI is InChI=1S/C12H14BrN3OS3/c1-18-10-8(14)9(11(15)17)20-12(10)16-5-4-6-2-3-7(13)19-6/h2-3,16H,4-5,14H2,1H3,(H2,15,17). The third kappa shape index (κ3) is 3.49. The largest absolute Gasteiger partial charge is 0.396 e. The average Bonchev–Trinajstić information content (AvgIpc) is 2.94. The first-order valence-electron chi connectivity index (χ1n) is 5.77. The lowest BCUT2D eigenvalue weighted by Crippen LogP contribution is -2.10. The SMILES string of the molecule is CSc1c(NCCc2ccc(Br)s2)sc(C(N)=O)c1N. The maximum atomic E-state index is 11.3. The van der Waals surface area contributed by atoms with E-state index < -0.39 is 5.91 Å². The molecular weight excluding hydrogens is 378 g/mol. The molecule has 0 aliphatic heterocycles. The normalized spacial score (nSPS) is 10.7.